The maximum Gasteiger partial charge on any atom is 0.321 e. The van der Waals surface area contributed by atoms with E-state index in [2.05, 4.69) is 0 Å². The smallest absolute Gasteiger partial charge is 0.321 e. The van der Waals surface area contributed by atoms with Crippen LogP contribution in [-0.4, -0.2) is 36.9 Å². The Morgan fingerprint density at radius 2 is 1.90 bits per heavy atom. The SMILES string of the molecule is CCC(C(=O)O)N(C)S(=O)(=O)c1c(C)c(Cl)cc(C)c1Cl. The lowest BCUT2D eigenvalue weighted by molar-refractivity contribution is -0.141. The molecule has 1 unspecified atom stereocenters. The van der Waals surface area contributed by atoms with Gasteiger partial charge in [0, 0.05) is 12.1 Å². The molecule has 0 heterocycles. The number of carbonyl (C=O) groups is 1. The predicted octanol–water partition coefficient (Wildman–Crippen LogP) is 3.09. The van der Waals surface area contributed by atoms with Crippen molar-refractivity contribution < 1.29 is 18.3 Å². The van der Waals surface area contributed by atoms with Crippen LogP contribution in [0, 0.1) is 13.8 Å². The third-order valence-corrected chi connectivity index (χ3v) is 6.37. The molecule has 118 valence electrons. The maximum absolute atomic E-state index is 12.7. The molecule has 0 aliphatic carbocycles. The van der Waals surface area contributed by atoms with Crippen molar-refractivity contribution in [2.45, 2.75) is 38.1 Å². The number of aryl methyl sites for hydroxylation is 1. The van der Waals surface area contributed by atoms with E-state index in [0.717, 1.165) is 4.31 Å². The van der Waals surface area contributed by atoms with Gasteiger partial charge in [-0.3, -0.25) is 4.79 Å². The van der Waals surface area contributed by atoms with Crippen molar-refractivity contribution in [3.05, 3.63) is 27.2 Å². The number of hydrogen-bond donors (Lipinski definition) is 1. The summed E-state index contributed by atoms with van der Waals surface area (Å²) >= 11 is 12.1. The van der Waals surface area contributed by atoms with Gasteiger partial charge in [-0.2, -0.15) is 4.31 Å². The second kappa shape index (κ2) is 6.52. The van der Waals surface area contributed by atoms with Gasteiger partial charge < -0.3 is 5.11 Å². The predicted molar refractivity (Wildman–Crippen MR) is 82.6 cm³/mol. The van der Waals surface area contributed by atoms with Crippen LogP contribution >= 0.6 is 23.2 Å². The molecule has 8 heteroatoms. The number of aliphatic carboxylic acids is 1. The highest BCUT2D eigenvalue weighted by molar-refractivity contribution is 7.89. The summed E-state index contributed by atoms with van der Waals surface area (Å²) in [5.41, 5.74) is 0.821. The van der Waals surface area contributed by atoms with Gasteiger partial charge >= 0.3 is 5.97 Å². The van der Waals surface area contributed by atoms with Crippen LogP contribution in [-0.2, 0) is 14.8 Å². The number of likely N-dealkylation sites (N-methyl/N-ethyl adjacent to an activating group) is 1. The van der Waals surface area contributed by atoms with E-state index in [9.17, 15) is 13.2 Å². The molecule has 0 radical (unpaired) electrons. The van der Waals surface area contributed by atoms with Gasteiger partial charge in [-0.1, -0.05) is 30.1 Å². The zero-order chi connectivity index (χ0) is 16.5. The van der Waals surface area contributed by atoms with E-state index in [1.165, 1.54) is 14.0 Å². The Morgan fingerprint density at radius 3 is 2.33 bits per heavy atom. The van der Waals surface area contributed by atoms with E-state index in [4.69, 9.17) is 28.3 Å². The van der Waals surface area contributed by atoms with Crippen molar-refractivity contribution in [3.8, 4) is 0 Å². The summed E-state index contributed by atoms with van der Waals surface area (Å²) in [7, 11) is -2.84. The summed E-state index contributed by atoms with van der Waals surface area (Å²) < 4.78 is 26.2. The van der Waals surface area contributed by atoms with Crippen molar-refractivity contribution in [1.82, 2.24) is 4.31 Å². The molecule has 1 atom stereocenters. The average molecular weight is 354 g/mol. The van der Waals surface area contributed by atoms with Crippen LogP contribution < -0.4 is 0 Å². The first-order chi connectivity index (χ1) is 9.55. The van der Waals surface area contributed by atoms with E-state index in [-0.39, 0.29) is 21.4 Å². The van der Waals surface area contributed by atoms with Crippen molar-refractivity contribution >= 4 is 39.2 Å². The summed E-state index contributed by atoms with van der Waals surface area (Å²) in [6.45, 7) is 4.78. The molecule has 21 heavy (non-hydrogen) atoms. The first-order valence-corrected chi connectivity index (χ1v) is 8.41. The Kier molecular flexibility index (Phi) is 5.66. The second-order valence-electron chi connectivity index (χ2n) is 4.73. The van der Waals surface area contributed by atoms with Crippen LogP contribution in [0.5, 0.6) is 0 Å². The highest BCUT2D eigenvalue weighted by Crippen LogP contribution is 2.35. The van der Waals surface area contributed by atoms with Gasteiger partial charge in [-0.15, -0.1) is 0 Å². The molecule has 0 spiro atoms. The fourth-order valence-corrected chi connectivity index (χ4v) is 4.57. The summed E-state index contributed by atoms with van der Waals surface area (Å²) in [4.78, 5) is 11.0. The standard InChI is InChI=1S/C13H17Cl2NO4S/c1-5-10(13(17)18)16(4)21(19,20)12-8(3)9(14)6-7(2)11(12)15/h6,10H,5H2,1-4H3,(H,17,18). The van der Waals surface area contributed by atoms with Crippen molar-refractivity contribution in [3.63, 3.8) is 0 Å². The van der Waals surface area contributed by atoms with Crippen molar-refractivity contribution in [2.24, 2.45) is 0 Å². The molecule has 0 aliphatic rings. The number of sulfonamides is 1. The van der Waals surface area contributed by atoms with E-state index >= 15 is 0 Å². The topological polar surface area (TPSA) is 74.7 Å². The summed E-state index contributed by atoms with van der Waals surface area (Å²) in [5, 5.41) is 9.47. The molecule has 1 N–H and O–H groups in total. The van der Waals surface area contributed by atoms with Crippen LogP contribution in [0.3, 0.4) is 0 Å². The normalized spacial score (nSPS) is 13.5. The van der Waals surface area contributed by atoms with E-state index in [0.29, 0.717) is 11.1 Å². The van der Waals surface area contributed by atoms with Crippen LogP contribution in [0.15, 0.2) is 11.0 Å². The molecular weight excluding hydrogens is 337 g/mol. The Bertz CT molecular complexity index is 647. The minimum absolute atomic E-state index is 0.0593. The molecule has 0 aromatic heterocycles. The molecule has 1 aromatic carbocycles. The molecule has 0 saturated carbocycles. The van der Waals surface area contributed by atoms with Crippen molar-refractivity contribution in [1.29, 1.82) is 0 Å². The Labute approximate surface area is 134 Å². The van der Waals surface area contributed by atoms with Gasteiger partial charge in [0.1, 0.15) is 10.9 Å². The third-order valence-electron chi connectivity index (χ3n) is 3.34. The van der Waals surface area contributed by atoms with Gasteiger partial charge in [-0.05, 0) is 37.5 Å². The molecule has 5 nitrogen and oxygen atoms in total. The number of benzene rings is 1. The molecule has 0 fully saturated rings. The third kappa shape index (κ3) is 3.34. The molecule has 1 aromatic rings. The summed E-state index contributed by atoms with van der Waals surface area (Å²) in [5.74, 6) is -1.21. The average Bonchev–Trinajstić information content (AvgIpc) is 2.36. The second-order valence-corrected chi connectivity index (χ2v) is 7.45. The number of hydrogen-bond acceptors (Lipinski definition) is 3. The quantitative estimate of drug-likeness (QED) is 0.882. The van der Waals surface area contributed by atoms with Crippen molar-refractivity contribution in [2.75, 3.05) is 7.05 Å². The lowest BCUT2D eigenvalue weighted by atomic mass is 10.2. The summed E-state index contributed by atoms with van der Waals surface area (Å²) in [6.07, 6.45) is 0.140. The highest BCUT2D eigenvalue weighted by Gasteiger charge is 2.34. The summed E-state index contributed by atoms with van der Waals surface area (Å²) in [6, 6.07) is 0.414. The highest BCUT2D eigenvalue weighted by atomic mass is 35.5. The van der Waals surface area contributed by atoms with Gasteiger partial charge in [0.25, 0.3) is 0 Å². The molecule has 0 aliphatic heterocycles. The lowest BCUT2D eigenvalue weighted by Crippen LogP contribution is -2.42. The van der Waals surface area contributed by atoms with Crippen LogP contribution in [0.25, 0.3) is 0 Å². The number of carboxylic acids is 1. The first kappa shape index (κ1) is 18.2. The van der Waals surface area contributed by atoms with Gasteiger partial charge in [0.15, 0.2) is 0 Å². The molecule has 1 rings (SSSR count). The number of carboxylic acid groups (broad SMARTS) is 1. The first-order valence-electron chi connectivity index (χ1n) is 6.21. The largest absolute Gasteiger partial charge is 0.480 e. The lowest BCUT2D eigenvalue weighted by Gasteiger charge is -2.25. The fraction of sp³-hybridized carbons (Fsp3) is 0.462. The fourth-order valence-electron chi connectivity index (χ4n) is 2.02. The minimum atomic E-state index is -4.07. The van der Waals surface area contributed by atoms with Crippen LogP contribution in [0.1, 0.15) is 24.5 Å². The van der Waals surface area contributed by atoms with E-state index in [1.807, 2.05) is 0 Å². The molecule has 0 saturated heterocycles. The monoisotopic (exact) mass is 353 g/mol. The maximum atomic E-state index is 12.7. The Hall–Kier alpha value is -0.820. The van der Waals surface area contributed by atoms with Gasteiger partial charge in [0.05, 0.1) is 5.02 Å². The molecular formula is C13H17Cl2NO4S. The zero-order valence-corrected chi connectivity index (χ0v) is 14.5. The number of halogens is 2. The van der Waals surface area contributed by atoms with Crippen LogP contribution in [0.2, 0.25) is 10.0 Å². The molecule has 0 amide bonds. The number of nitrogens with zero attached hydrogens (tertiary/aromatic N) is 1. The zero-order valence-electron chi connectivity index (χ0n) is 12.1. The van der Waals surface area contributed by atoms with Gasteiger partial charge in [-0.25, -0.2) is 8.42 Å². The Balaban J connectivity index is 3.55. The van der Waals surface area contributed by atoms with Crippen LogP contribution in [0.4, 0.5) is 0 Å². The Morgan fingerprint density at radius 1 is 1.38 bits per heavy atom. The molecule has 0 bridgehead atoms. The van der Waals surface area contributed by atoms with E-state index < -0.39 is 22.0 Å². The number of rotatable bonds is 5. The van der Waals surface area contributed by atoms with Gasteiger partial charge in [0.2, 0.25) is 10.0 Å². The minimum Gasteiger partial charge on any atom is -0.480 e. The van der Waals surface area contributed by atoms with E-state index in [1.54, 1.807) is 19.9 Å².